The zero-order chi connectivity index (χ0) is 28.3. The summed E-state index contributed by atoms with van der Waals surface area (Å²) in [5.74, 6) is 3.57. The highest BCUT2D eigenvalue weighted by Gasteiger charge is 2.58. The Morgan fingerprint density at radius 1 is 0.975 bits per heavy atom. The standard InChI is InChI=1S/C34H49NO5/c1-4-5-6-7-8-9-10-24-12-18-30-29-17-11-25-23-28(19-21-34(25,3)31(29)20-22-33(24,30)2)40-32(36)39-27-15-13-26(14-16-27)35(37)38/h11,13-16,24,28-31H,4-10,12,17-23H2,1-3H3/t24-,28+,29-,30-,31+,33-,34+/m1/s1. The van der Waals surface area contributed by atoms with E-state index in [9.17, 15) is 14.9 Å². The van der Waals surface area contributed by atoms with Gasteiger partial charge in [0.25, 0.3) is 5.69 Å². The number of unbranched alkanes of at least 4 members (excludes halogenated alkanes) is 5. The Bertz CT molecular complexity index is 1080. The molecule has 0 amide bonds. The largest absolute Gasteiger partial charge is 0.514 e. The van der Waals surface area contributed by atoms with E-state index in [4.69, 9.17) is 9.47 Å². The molecule has 40 heavy (non-hydrogen) atoms. The summed E-state index contributed by atoms with van der Waals surface area (Å²) in [6.07, 6.45) is 20.9. The van der Waals surface area contributed by atoms with Gasteiger partial charge >= 0.3 is 6.16 Å². The number of rotatable bonds is 10. The molecule has 1 aromatic rings. The average molecular weight is 552 g/mol. The molecule has 0 bridgehead atoms. The maximum atomic E-state index is 12.5. The van der Waals surface area contributed by atoms with Crippen LogP contribution < -0.4 is 4.74 Å². The second-order valence-corrected chi connectivity index (χ2v) is 13.7. The lowest BCUT2D eigenvalue weighted by Gasteiger charge is -2.58. The summed E-state index contributed by atoms with van der Waals surface area (Å²) in [6.45, 7) is 7.43. The van der Waals surface area contributed by atoms with Crippen molar-refractivity contribution in [3.63, 3.8) is 0 Å². The molecule has 5 rings (SSSR count). The van der Waals surface area contributed by atoms with Gasteiger partial charge in [0.15, 0.2) is 0 Å². The van der Waals surface area contributed by atoms with Gasteiger partial charge in [-0.05, 0) is 98.0 Å². The molecule has 7 atom stereocenters. The molecule has 1 aromatic carbocycles. The van der Waals surface area contributed by atoms with E-state index in [0.717, 1.165) is 42.9 Å². The Morgan fingerprint density at radius 3 is 2.48 bits per heavy atom. The Kier molecular flexibility index (Phi) is 8.92. The first-order valence-electron chi connectivity index (χ1n) is 16.1. The van der Waals surface area contributed by atoms with Crippen LogP contribution in [-0.2, 0) is 4.74 Å². The number of allylic oxidation sites excluding steroid dienone is 1. The normalized spacial score (nSPS) is 34.7. The van der Waals surface area contributed by atoms with Crippen molar-refractivity contribution in [2.24, 2.45) is 34.5 Å². The number of fused-ring (bicyclic) bond motifs is 5. The molecule has 3 saturated carbocycles. The first kappa shape index (κ1) is 29.1. The molecular weight excluding hydrogens is 502 g/mol. The SMILES string of the molecule is CCCCCCCC[C@@H]1CC[C@@H]2[C@H]3CC=C4C[C@@H](OC(=O)Oc5ccc([N+](=O)[O-])cc5)CC[C@]4(C)[C@H]3CC[C@]12C. The van der Waals surface area contributed by atoms with Gasteiger partial charge in [0.1, 0.15) is 11.9 Å². The number of hydrogen-bond donors (Lipinski definition) is 0. The van der Waals surface area contributed by atoms with Crippen LogP contribution in [-0.4, -0.2) is 17.2 Å². The van der Waals surface area contributed by atoms with E-state index < -0.39 is 11.1 Å². The van der Waals surface area contributed by atoms with Crippen molar-refractivity contribution in [1.29, 1.82) is 0 Å². The van der Waals surface area contributed by atoms with Gasteiger partial charge in [0.2, 0.25) is 0 Å². The molecule has 0 aromatic heterocycles. The number of carbonyl (C=O) groups excluding carboxylic acids is 1. The summed E-state index contributed by atoms with van der Waals surface area (Å²) < 4.78 is 11.1. The van der Waals surface area contributed by atoms with Crippen molar-refractivity contribution >= 4 is 11.8 Å². The quantitative estimate of drug-likeness (QED) is 0.0722. The minimum absolute atomic E-state index is 0.0382. The summed E-state index contributed by atoms with van der Waals surface area (Å²) in [5.41, 5.74) is 2.18. The van der Waals surface area contributed by atoms with Gasteiger partial charge < -0.3 is 9.47 Å². The minimum atomic E-state index is -0.729. The van der Waals surface area contributed by atoms with E-state index in [2.05, 4.69) is 26.8 Å². The van der Waals surface area contributed by atoms with Crippen molar-refractivity contribution in [3.8, 4) is 5.75 Å². The first-order chi connectivity index (χ1) is 19.2. The van der Waals surface area contributed by atoms with Crippen LogP contribution in [0.5, 0.6) is 5.75 Å². The van der Waals surface area contributed by atoms with Crippen molar-refractivity contribution < 1.29 is 19.2 Å². The number of hydrogen-bond acceptors (Lipinski definition) is 5. The van der Waals surface area contributed by atoms with Crippen LogP contribution in [0.25, 0.3) is 0 Å². The van der Waals surface area contributed by atoms with Gasteiger partial charge in [0, 0.05) is 18.6 Å². The molecule has 0 heterocycles. The summed E-state index contributed by atoms with van der Waals surface area (Å²) in [6, 6.07) is 5.51. The number of nitro groups is 1. The minimum Gasteiger partial charge on any atom is -0.430 e. The summed E-state index contributed by atoms with van der Waals surface area (Å²) >= 11 is 0. The maximum absolute atomic E-state index is 12.5. The Balaban J connectivity index is 1.16. The van der Waals surface area contributed by atoms with E-state index in [1.54, 1.807) is 0 Å². The van der Waals surface area contributed by atoms with Crippen LogP contribution in [0.2, 0.25) is 0 Å². The summed E-state index contributed by atoms with van der Waals surface area (Å²) in [7, 11) is 0. The van der Waals surface area contributed by atoms with Crippen LogP contribution in [0, 0.1) is 44.6 Å². The summed E-state index contributed by atoms with van der Waals surface area (Å²) in [5, 5.41) is 10.9. The zero-order valence-electron chi connectivity index (χ0n) is 24.9. The van der Waals surface area contributed by atoms with Crippen molar-refractivity contribution in [2.75, 3.05) is 0 Å². The molecular formula is C34H49NO5. The van der Waals surface area contributed by atoms with Crippen LogP contribution in [0.15, 0.2) is 35.9 Å². The van der Waals surface area contributed by atoms with E-state index in [-0.39, 0.29) is 23.0 Å². The Labute approximate surface area is 240 Å². The molecule has 0 radical (unpaired) electrons. The fourth-order valence-electron chi connectivity index (χ4n) is 9.37. The predicted molar refractivity (Wildman–Crippen MR) is 157 cm³/mol. The second-order valence-electron chi connectivity index (χ2n) is 13.7. The third-order valence-corrected chi connectivity index (χ3v) is 11.7. The van der Waals surface area contributed by atoms with E-state index in [1.165, 1.54) is 107 Å². The van der Waals surface area contributed by atoms with Crippen LogP contribution >= 0.6 is 0 Å². The molecule has 0 aliphatic heterocycles. The Morgan fingerprint density at radius 2 is 1.73 bits per heavy atom. The lowest BCUT2D eigenvalue weighted by Crippen LogP contribution is -2.50. The fourth-order valence-corrected chi connectivity index (χ4v) is 9.37. The highest BCUT2D eigenvalue weighted by atomic mass is 16.7. The molecule has 0 unspecified atom stereocenters. The highest BCUT2D eigenvalue weighted by Crippen LogP contribution is 2.66. The zero-order valence-corrected chi connectivity index (χ0v) is 24.9. The predicted octanol–water partition coefficient (Wildman–Crippen LogP) is 9.81. The van der Waals surface area contributed by atoms with Gasteiger partial charge in [-0.2, -0.15) is 0 Å². The van der Waals surface area contributed by atoms with E-state index in [0.29, 0.717) is 5.41 Å². The first-order valence-corrected chi connectivity index (χ1v) is 16.1. The third kappa shape index (κ3) is 5.83. The number of nitro benzene ring substituents is 1. The molecule has 4 aliphatic carbocycles. The lowest BCUT2D eigenvalue weighted by molar-refractivity contribution is -0.384. The number of non-ortho nitro benzene ring substituents is 1. The number of nitrogens with zero attached hydrogens (tertiary/aromatic N) is 1. The van der Waals surface area contributed by atoms with Gasteiger partial charge in [-0.25, -0.2) is 4.79 Å². The molecule has 220 valence electrons. The number of benzene rings is 1. The number of ether oxygens (including phenoxy) is 2. The molecule has 0 N–H and O–H groups in total. The van der Waals surface area contributed by atoms with E-state index in [1.807, 2.05) is 0 Å². The number of carbonyl (C=O) groups is 1. The second kappa shape index (κ2) is 12.2. The molecule has 0 spiro atoms. The highest BCUT2D eigenvalue weighted by molar-refractivity contribution is 5.64. The lowest BCUT2D eigenvalue weighted by atomic mass is 9.47. The topological polar surface area (TPSA) is 78.7 Å². The van der Waals surface area contributed by atoms with Gasteiger partial charge in [-0.1, -0.05) is 70.9 Å². The molecule has 6 heteroatoms. The van der Waals surface area contributed by atoms with Crippen LogP contribution in [0.3, 0.4) is 0 Å². The summed E-state index contributed by atoms with van der Waals surface area (Å²) in [4.78, 5) is 22.9. The van der Waals surface area contributed by atoms with Gasteiger partial charge in [0.05, 0.1) is 4.92 Å². The molecule has 6 nitrogen and oxygen atoms in total. The van der Waals surface area contributed by atoms with Crippen molar-refractivity contribution in [3.05, 3.63) is 46.0 Å². The van der Waals surface area contributed by atoms with Crippen LogP contribution in [0.1, 0.15) is 117 Å². The fraction of sp³-hybridized carbons (Fsp3) is 0.735. The monoisotopic (exact) mass is 551 g/mol. The third-order valence-electron chi connectivity index (χ3n) is 11.7. The average Bonchev–Trinajstić information content (AvgIpc) is 3.27. The maximum Gasteiger partial charge on any atom is 0.514 e. The van der Waals surface area contributed by atoms with Gasteiger partial charge in [-0.15, -0.1) is 0 Å². The van der Waals surface area contributed by atoms with Crippen molar-refractivity contribution in [1.82, 2.24) is 0 Å². The Hall–Kier alpha value is -2.37. The van der Waals surface area contributed by atoms with Gasteiger partial charge in [-0.3, -0.25) is 10.1 Å². The molecule has 0 saturated heterocycles. The van der Waals surface area contributed by atoms with Crippen LogP contribution in [0.4, 0.5) is 10.5 Å². The molecule has 4 aliphatic rings. The van der Waals surface area contributed by atoms with Crippen molar-refractivity contribution in [2.45, 2.75) is 123 Å². The van der Waals surface area contributed by atoms with E-state index >= 15 is 0 Å². The molecule has 3 fully saturated rings. The smallest absolute Gasteiger partial charge is 0.430 e.